The average Bonchev–Trinajstić information content (AvgIpc) is 3.67. The number of rotatable bonds is 6. The molecule has 5 N–H and O–H groups in total. The standard InChI is InChI=1S/C24H31F3N8.C5H10/c25-24(26,27)16-3-1-2-15(12-16)13-35-10-8-19(9-11-35)31-22-20-21(30-14-29-20)33-23(34-22)32-18-6-4-17(28)5-7-18;1-2-4-5-3-1/h1-3,12,14,17-19H,4-11,13,28H2,(H3,29,30,31,32,33,34);1-5H2. The quantitative estimate of drug-likeness (QED) is 0.290. The number of nitrogens with two attached hydrogens (primary N) is 1. The summed E-state index contributed by atoms with van der Waals surface area (Å²) in [4.78, 5) is 19.0. The van der Waals surface area contributed by atoms with E-state index in [0.717, 1.165) is 69.0 Å². The molecule has 2 aliphatic carbocycles. The number of hydrogen-bond donors (Lipinski definition) is 4. The molecule has 40 heavy (non-hydrogen) atoms. The minimum atomic E-state index is -4.32. The van der Waals surface area contributed by atoms with E-state index in [1.54, 1.807) is 12.4 Å². The molecule has 3 fully saturated rings. The van der Waals surface area contributed by atoms with Crippen LogP contribution in [0.4, 0.5) is 24.9 Å². The third kappa shape index (κ3) is 7.84. The normalized spacial score (nSPS) is 22.6. The lowest BCUT2D eigenvalue weighted by molar-refractivity contribution is -0.137. The number of imidazole rings is 1. The van der Waals surface area contributed by atoms with Gasteiger partial charge in [-0.2, -0.15) is 23.1 Å². The lowest BCUT2D eigenvalue weighted by atomic mass is 9.92. The highest BCUT2D eigenvalue weighted by molar-refractivity contribution is 5.83. The van der Waals surface area contributed by atoms with Crippen molar-refractivity contribution in [2.45, 2.75) is 101 Å². The van der Waals surface area contributed by atoms with Crippen LogP contribution in [-0.4, -0.2) is 56.1 Å². The second-order valence-electron chi connectivity index (χ2n) is 11.4. The molecule has 3 aromatic rings. The lowest BCUT2D eigenvalue weighted by Crippen LogP contribution is -2.39. The summed E-state index contributed by atoms with van der Waals surface area (Å²) in [6.07, 6.45) is 10.5. The van der Waals surface area contributed by atoms with Gasteiger partial charge in [-0.3, -0.25) is 4.90 Å². The van der Waals surface area contributed by atoms with Crippen molar-refractivity contribution in [3.05, 3.63) is 41.7 Å². The molecule has 0 bridgehead atoms. The number of anilines is 2. The Morgan fingerprint density at radius 1 is 0.900 bits per heavy atom. The van der Waals surface area contributed by atoms with Crippen LogP contribution >= 0.6 is 0 Å². The molecule has 0 amide bonds. The van der Waals surface area contributed by atoms with Crippen LogP contribution in [0.5, 0.6) is 0 Å². The van der Waals surface area contributed by atoms with Crippen LogP contribution in [0.3, 0.4) is 0 Å². The van der Waals surface area contributed by atoms with Gasteiger partial charge in [0, 0.05) is 37.8 Å². The number of aromatic nitrogens is 4. The van der Waals surface area contributed by atoms with Gasteiger partial charge in [0.2, 0.25) is 5.95 Å². The molecule has 1 aliphatic heterocycles. The number of alkyl halides is 3. The molecular formula is C29H41F3N8. The topological polar surface area (TPSA) is 108 Å². The SMILES string of the molecule is C1CCCC1.NC1CCC(Nc2nc(NC3CCN(Cc4cccc(C(F)(F)F)c4)CC3)c3[nH]cnc3n2)CC1. The molecular weight excluding hydrogens is 517 g/mol. The van der Waals surface area contributed by atoms with Crippen molar-refractivity contribution in [2.75, 3.05) is 23.7 Å². The van der Waals surface area contributed by atoms with Crippen LogP contribution in [0.2, 0.25) is 0 Å². The molecule has 218 valence electrons. The number of halogens is 3. The molecule has 1 aromatic carbocycles. The van der Waals surface area contributed by atoms with E-state index in [2.05, 4.69) is 30.5 Å². The smallest absolute Gasteiger partial charge is 0.365 e. The van der Waals surface area contributed by atoms with Gasteiger partial charge in [0.1, 0.15) is 5.52 Å². The maximum Gasteiger partial charge on any atom is 0.416 e. The summed E-state index contributed by atoms with van der Waals surface area (Å²) in [7, 11) is 0. The molecule has 0 spiro atoms. The van der Waals surface area contributed by atoms with Gasteiger partial charge in [-0.25, -0.2) is 4.98 Å². The zero-order valence-electron chi connectivity index (χ0n) is 23.0. The van der Waals surface area contributed by atoms with Crippen LogP contribution in [0.1, 0.15) is 81.8 Å². The van der Waals surface area contributed by atoms with Crippen LogP contribution in [0.25, 0.3) is 11.2 Å². The summed E-state index contributed by atoms with van der Waals surface area (Å²) in [5, 5.41) is 7.00. The zero-order chi connectivity index (χ0) is 28.0. The average molecular weight is 559 g/mol. The van der Waals surface area contributed by atoms with Crippen LogP contribution in [-0.2, 0) is 12.7 Å². The third-order valence-electron chi connectivity index (χ3n) is 8.23. The molecule has 11 heteroatoms. The summed E-state index contributed by atoms with van der Waals surface area (Å²) in [6.45, 7) is 2.09. The number of hydrogen-bond acceptors (Lipinski definition) is 7. The van der Waals surface area contributed by atoms with E-state index in [9.17, 15) is 13.2 Å². The molecule has 2 saturated carbocycles. The third-order valence-corrected chi connectivity index (χ3v) is 8.23. The van der Waals surface area contributed by atoms with E-state index in [-0.39, 0.29) is 12.1 Å². The number of benzene rings is 1. The van der Waals surface area contributed by atoms with Crippen LogP contribution < -0.4 is 16.4 Å². The fraction of sp³-hybridized carbons (Fsp3) is 0.621. The van der Waals surface area contributed by atoms with Gasteiger partial charge in [0.25, 0.3) is 0 Å². The monoisotopic (exact) mass is 558 g/mol. The van der Waals surface area contributed by atoms with Gasteiger partial charge in [0.15, 0.2) is 11.5 Å². The highest BCUT2D eigenvalue weighted by Gasteiger charge is 2.30. The number of H-pyrrole nitrogens is 1. The maximum absolute atomic E-state index is 13.0. The first-order valence-corrected chi connectivity index (χ1v) is 14.7. The highest BCUT2D eigenvalue weighted by Crippen LogP contribution is 2.30. The maximum atomic E-state index is 13.0. The minimum Gasteiger partial charge on any atom is -0.365 e. The van der Waals surface area contributed by atoms with E-state index in [1.165, 1.54) is 44.2 Å². The molecule has 3 heterocycles. The Hall–Kier alpha value is -2.92. The number of nitrogens with zero attached hydrogens (tertiary/aromatic N) is 4. The first kappa shape index (κ1) is 28.6. The van der Waals surface area contributed by atoms with Crippen molar-refractivity contribution in [3.8, 4) is 0 Å². The van der Waals surface area contributed by atoms with Crippen LogP contribution in [0, 0.1) is 0 Å². The molecule has 0 atom stereocenters. The van der Waals surface area contributed by atoms with Crippen molar-refractivity contribution in [2.24, 2.45) is 5.73 Å². The lowest BCUT2D eigenvalue weighted by Gasteiger charge is -2.33. The number of piperidine rings is 1. The van der Waals surface area contributed by atoms with Crippen molar-refractivity contribution >= 4 is 22.9 Å². The largest absolute Gasteiger partial charge is 0.416 e. The van der Waals surface area contributed by atoms with Gasteiger partial charge >= 0.3 is 6.18 Å². The second kappa shape index (κ2) is 13.2. The molecule has 0 unspecified atom stereocenters. The van der Waals surface area contributed by atoms with Crippen molar-refractivity contribution in [3.63, 3.8) is 0 Å². The Balaban J connectivity index is 0.000000582. The molecule has 0 radical (unpaired) electrons. The molecule has 6 rings (SSSR count). The Kier molecular flexibility index (Phi) is 9.41. The predicted molar refractivity (Wildman–Crippen MR) is 152 cm³/mol. The number of nitrogens with one attached hydrogen (secondary N) is 3. The second-order valence-corrected chi connectivity index (χ2v) is 11.4. The van der Waals surface area contributed by atoms with Crippen LogP contribution in [0.15, 0.2) is 30.6 Å². The Morgan fingerprint density at radius 3 is 2.25 bits per heavy atom. The van der Waals surface area contributed by atoms with Gasteiger partial charge in [0.05, 0.1) is 11.9 Å². The minimum absolute atomic E-state index is 0.203. The van der Waals surface area contributed by atoms with E-state index >= 15 is 0 Å². The van der Waals surface area contributed by atoms with E-state index in [0.29, 0.717) is 29.7 Å². The molecule has 1 saturated heterocycles. The predicted octanol–water partition coefficient (Wildman–Crippen LogP) is 6.08. The van der Waals surface area contributed by atoms with Gasteiger partial charge in [-0.15, -0.1) is 0 Å². The summed E-state index contributed by atoms with van der Waals surface area (Å²) < 4.78 is 39.1. The zero-order valence-corrected chi connectivity index (χ0v) is 23.0. The fourth-order valence-electron chi connectivity index (χ4n) is 5.87. The summed E-state index contributed by atoms with van der Waals surface area (Å²) in [5.41, 5.74) is 7.49. The van der Waals surface area contributed by atoms with E-state index in [4.69, 9.17) is 10.7 Å². The first-order chi connectivity index (χ1) is 19.3. The summed E-state index contributed by atoms with van der Waals surface area (Å²) in [5.74, 6) is 1.29. The summed E-state index contributed by atoms with van der Waals surface area (Å²) >= 11 is 0. The van der Waals surface area contributed by atoms with Crippen molar-refractivity contribution in [1.82, 2.24) is 24.8 Å². The highest BCUT2D eigenvalue weighted by atomic mass is 19.4. The van der Waals surface area contributed by atoms with Gasteiger partial charge < -0.3 is 21.4 Å². The van der Waals surface area contributed by atoms with Crippen molar-refractivity contribution < 1.29 is 13.2 Å². The fourth-order valence-corrected chi connectivity index (χ4v) is 5.87. The first-order valence-electron chi connectivity index (χ1n) is 14.7. The van der Waals surface area contributed by atoms with E-state index in [1.807, 2.05) is 0 Å². The Labute approximate surface area is 233 Å². The molecule has 3 aliphatic rings. The number of likely N-dealkylation sites (tertiary alicyclic amines) is 1. The molecule has 8 nitrogen and oxygen atoms in total. The number of fused-ring (bicyclic) bond motifs is 1. The molecule has 2 aromatic heterocycles. The Morgan fingerprint density at radius 2 is 1.57 bits per heavy atom. The Bertz CT molecular complexity index is 1200. The van der Waals surface area contributed by atoms with E-state index < -0.39 is 11.7 Å². The van der Waals surface area contributed by atoms with Gasteiger partial charge in [-0.1, -0.05) is 50.3 Å². The number of aromatic amines is 1. The van der Waals surface area contributed by atoms with Gasteiger partial charge in [-0.05, 0) is 50.2 Å². The van der Waals surface area contributed by atoms with Crippen molar-refractivity contribution in [1.29, 1.82) is 0 Å². The summed E-state index contributed by atoms with van der Waals surface area (Å²) in [6, 6.07) is 6.37.